The van der Waals surface area contributed by atoms with Crippen LogP contribution in [0.4, 0.5) is 0 Å². The zero-order chi connectivity index (χ0) is 23.9. The van der Waals surface area contributed by atoms with E-state index in [1.807, 2.05) is 0 Å². The molecule has 0 radical (unpaired) electrons. The van der Waals surface area contributed by atoms with E-state index in [0.717, 1.165) is 0 Å². The maximum absolute atomic E-state index is 12.7. The Morgan fingerprint density at radius 1 is 1.03 bits per heavy atom. The zero-order valence-electron chi connectivity index (χ0n) is 17.5. The van der Waals surface area contributed by atoms with Gasteiger partial charge in [0.2, 0.25) is 12.0 Å². The lowest BCUT2D eigenvalue weighted by Gasteiger charge is -2.39. The second kappa shape index (κ2) is 9.04. The van der Waals surface area contributed by atoms with Crippen LogP contribution in [0, 0.1) is 0 Å². The van der Waals surface area contributed by atoms with Gasteiger partial charge in [0.25, 0.3) is 0 Å². The fourth-order valence-electron chi connectivity index (χ4n) is 3.83. The Balaban J connectivity index is 1.60. The van der Waals surface area contributed by atoms with E-state index in [1.165, 1.54) is 31.4 Å². The molecule has 2 aromatic carbocycles. The zero-order valence-corrected chi connectivity index (χ0v) is 17.5. The molecule has 0 spiro atoms. The minimum absolute atomic E-state index is 0.0366. The molecule has 2 aliphatic rings. The number of rotatable bonds is 5. The van der Waals surface area contributed by atoms with Crippen molar-refractivity contribution in [2.24, 2.45) is 0 Å². The summed E-state index contributed by atoms with van der Waals surface area (Å²) in [7, 11) is 1.40. The number of ether oxygens (including phenoxy) is 4. The first kappa shape index (κ1) is 23.1. The number of aromatic hydroxyl groups is 2. The summed E-state index contributed by atoms with van der Waals surface area (Å²) >= 11 is 0. The average molecular weight is 464 g/mol. The molecule has 0 saturated carbocycles. The predicted octanol–water partition coefficient (Wildman–Crippen LogP) is -0.00840. The third kappa shape index (κ3) is 4.16. The highest BCUT2D eigenvalue weighted by atomic mass is 16.7. The van der Waals surface area contributed by atoms with Gasteiger partial charge in [-0.2, -0.15) is 0 Å². The summed E-state index contributed by atoms with van der Waals surface area (Å²) in [5, 5.41) is 60.1. The van der Waals surface area contributed by atoms with Crippen LogP contribution in [-0.4, -0.2) is 80.8 Å². The van der Waals surface area contributed by atoms with Crippen molar-refractivity contribution in [2.75, 3.05) is 13.7 Å². The van der Waals surface area contributed by atoms with Crippen LogP contribution in [0.15, 0.2) is 30.3 Å². The van der Waals surface area contributed by atoms with Gasteiger partial charge in [0.15, 0.2) is 28.8 Å². The number of hydrogen-bond acceptors (Lipinski definition) is 11. The SMILES string of the molecule is COc1ccc(C2CC(=O)c3ccc(OC4OC(CO)C(O)C(O)C4O)c(O)c3O2)cc1O. The van der Waals surface area contributed by atoms with Gasteiger partial charge in [-0.15, -0.1) is 0 Å². The standard InChI is InChI=1S/C22H24O11/c1-30-13-4-2-9(6-12(13)25)15-7-11(24)10-3-5-14(18(27)21(10)31-15)32-22-20(29)19(28)17(26)16(8-23)33-22/h2-6,15-17,19-20,22-23,25-29H,7-8H2,1H3. The molecule has 11 nitrogen and oxygen atoms in total. The Morgan fingerprint density at radius 3 is 2.42 bits per heavy atom. The number of phenolic OH excluding ortho intramolecular Hbond substituents is 2. The minimum Gasteiger partial charge on any atom is -0.504 e. The maximum atomic E-state index is 12.7. The van der Waals surface area contributed by atoms with E-state index in [0.29, 0.717) is 5.56 Å². The van der Waals surface area contributed by atoms with Crippen molar-refractivity contribution in [1.82, 2.24) is 0 Å². The summed E-state index contributed by atoms with van der Waals surface area (Å²) in [6, 6.07) is 7.18. The van der Waals surface area contributed by atoms with Crippen LogP contribution >= 0.6 is 0 Å². The Kier molecular flexibility index (Phi) is 6.32. The van der Waals surface area contributed by atoms with Gasteiger partial charge in [-0.05, 0) is 29.8 Å². The summed E-state index contributed by atoms with van der Waals surface area (Å²) in [6.07, 6.45) is -8.48. The molecule has 178 valence electrons. The number of aliphatic hydroxyl groups excluding tert-OH is 4. The van der Waals surface area contributed by atoms with Crippen molar-refractivity contribution >= 4 is 5.78 Å². The van der Waals surface area contributed by atoms with Crippen molar-refractivity contribution in [3.8, 4) is 28.7 Å². The minimum atomic E-state index is -1.68. The van der Waals surface area contributed by atoms with Gasteiger partial charge in [0.05, 0.1) is 25.7 Å². The normalized spacial score (nSPS) is 29.2. The van der Waals surface area contributed by atoms with Crippen molar-refractivity contribution in [3.63, 3.8) is 0 Å². The van der Waals surface area contributed by atoms with Gasteiger partial charge in [-0.25, -0.2) is 0 Å². The molecule has 2 heterocycles. The van der Waals surface area contributed by atoms with E-state index >= 15 is 0 Å². The highest BCUT2D eigenvalue weighted by Crippen LogP contribution is 2.46. The fraction of sp³-hybridized carbons (Fsp3) is 0.409. The van der Waals surface area contributed by atoms with Crippen LogP contribution in [0.25, 0.3) is 0 Å². The van der Waals surface area contributed by atoms with Gasteiger partial charge < -0.3 is 49.6 Å². The number of Topliss-reactive ketones (excluding diaryl/α,β-unsaturated/α-hetero) is 1. The van der Waals surface area contributed by atoms with Crippen LogP contribution in [0.2, 0.25) is 0 Å². The summed E-state index contributed by atoms with van der Waals surface area (Å²) in [4.78, 5) is 12.7. The molecular formula is C22H24O11. The van der Waals surface area contributed by atoms with Crippen molar-refractivity contribution in [1.29, 1.82) is 0 Å². The average Bonchev–Trinajstić information content (AvgIpc) is 2.81. The van der Waals surface area contributed by atoms with Crippen LogP contribution in [0.5, 0.6) is 28.7 Å². The highest BCUT2D eigenvalue weighted by molar-refractivity contribution is 6.01. The molecule has 2 aromatic rings. The van der Waals surface area contributed by atoms with E-state index in [2.05, 4.69) is 0 Å². The summed E-state index contributed by atoms with van der Waals surface area (Å²) in [5.41, 5.74) is 0.592. The third-order valence-corrected chi connectivity index (χ3v) is 5.69. The van der Waals surface area contributed by atoms with E-state index in [1.54, 1.807) is 6.07 Å². The monoisotopic (exact) mass is 464 g/mol. The molecule has 33 heavy (non-hydrogen) atoms. The molecule has 4 rings (SSSR count). The summed E-state index contributed by atoms with van der Waals surface area (Å²) < 4.78 is 21.6. The van der Waals surface area contributed by atoms with Gasteiger partial charge in [0.1, 0.15) is 30.5 Å². The van der Waals surface area contributed by atoms with Crippen LogP contribution in [-0.2, 0) is 4.74 Å². The lowest BCUT2D eigenvalue weighted by molar-refractivity contribution is -0.277. The maximum Gasteiger partial charge on any atom is 0.229 e. The number of carbonyl (C=O) groups is 1. The Morgan fingerprint density at radius 2 is 1.76 bits per heavy atom. The van der Waals surface area contributed by atoms with E-state index < -0.39 is 49.2 Å². The van der Waals surface area contributed by atoms with Gasteiger partial charge in [-0.1, -0.05) is 6.07 Å². The van der Waals surface area contributed by atoms with Crippen molar-refractivity contribution in [2.45, 2.75) is 43.2 Å². The van der Waals surface area contributed by atoms with Crippen molar-refractivity contribution in [3.05, 3.63) is 41.5 Å². The second-order valence-corrected chi connectivity index (χ2v) is 7.77. The Hall–Kier alpha value is -3.09. The largest absolute Gasteiger partial charge is 0.504 e. The molecule has 0 bridgehead atoms. The molecule has 0 amide bonds. The van der Waals surface area contributed by atoms with Gasteiger partial charge >= 0.3 is 0 Å². The molecular weight excluding hydrogens is 440 g/mol. The first-order valence-electron chi connectivity index (χ1n) is 10.1. The predicted molar refractivity (Wildman–Crippen MR) is 109 cm³/mol. The molecule has 1 fully saturated rings. The Bertz CT molecular complexity index is 1040. The van der Waals surface area contributed by atoms with E-state index in [9.17, 15) is 35.4 Å². The number of ketones is 1. The molecule has 6 unspecified atom stereocenters. The molecule has 2 aliphatic heterocycles. The second-order valence-electron chi connectivity index (χ2n) is 7.77. The lowest BCUT2D eigenvalue weighted by Crippen LogP contribution is -2.60. The smallest absolute Gasteiger partial charge is 0.229 e. The van der Waals surface area contributed by atoms with E-state index in [-0.39, 0.29) is 40.8 Å². The number of methoxy groups -OCH3 is 1. The van der Waals surface area contributed by atoms with E-state index in [4.69, 9.17) is 18.9 Å². The molecule has 6 N–H and O–H groups in total. The van der Waals surface area contributed by atoms with Crippen LogP contribution in [0.3, 0.4) is 0 Å². The number of hydrogen-bond donors (Lipinski definition) is 6. The number of fused-ring (bicyclic) bond motifs is 1. The Labute approximate surface area is 188 Å². The topological polar surface area (TPSA) is 175 Å². The number of benzene rings is 2. The third-order valence-electron chi connectivity index (χ3n) is 5.69. The molecule has 11 heteroatoms. The summed E-state index contributed by atoms with van der Waals surface area (Å²) in [6.45, 7) is -0.644. The molecule has 0 aromatic heterocycles. The molecule has 1 saturated heterocycles. The van der Waals surface area contributed by atoms with Crippen LogP contribution in [0.1, 0.15) is 28.4 Å². The molecule has 0 aliphatic carbocycles. The highest BCUT2D eigenvalue weighted by Gasteiger charge is 2.45. The fourth-order valence-corrected chi connectivity index (χ4v) is 3.83. The van der Waals surface area contributed by atoms with Crippen LogP contribution < -0.4 is 14.2 Å². The lowest BCUT2D eigenvalue weighted by atomic mass is 9.95. The summed E-state index contributed by atoms with van der Waals surface area (Å²) in [5.74, 6) is -1.12. The van der Waals surface area contributed by atoms with Crippen molar-refractivity contribution < 1.29 is 54.4 Å². The first-order chi connectivity index (χ1) is 15.7. The quantitative estimate of drug-likeness (QED) is 0.351. The number of aliphatic hydroxyl groups is 4. The number of phenols is 2. The first-order valence-corrected chi connectivity index (χ1v) is 10.1. The number of carbonyl (C=O) groups excluding carboxylic acids is 1. The molecule has 6 atom stereocenters. The van der Waals surface area contributed by atoms with Gasteiger partial charge in [0, 0.05) is 0 Å². The van der Waals surface area contributed by atoms with Gasteiger partial charge in [-0.3, -0.25) is 4.79 Å².